The number of unbranched alkanes of at least 4 members (excludes halogenated alkanes) is 4. The zero-order valence-electron chi connectivity index (χ0n) is 15.6. The fourth-order valence-electron chi connectivity index (χ4n) is 2.39. The first-order chi connectivity index (χ1) is 13.2. The van der Waals surface area contributed by atoms with Crippen LogP contribution < -0.4 is 15.4 Å². The highest BCUT2D eigenvalue weighted by molar-refractivity contribution is 7.80. The van der Waals surface area contributed by atoms with E-state index in [0.29, 0.717) is 0 Å². The maximum atomic E-state index is 11.9. The molecule has 0 bridgehead atoms. The highest BCUT2D eigenvalue weighted by Gasteiger charge is 2.02. The van der Waals surface area contributed by atoms with Crippen LogP contribution in [0.2, 0.25) is 0 Å². The van der Waals surface area contributed by atoms with Crippen molar-refractivity contribution in [1.82, 2.24) is 5.32 Å². The number of ether oxygens (including phenoxy) is 1. The zero-order chi connectivity index (χ0) is 19.3. The quantitative estimate of drug-likeness (QED) is 0.307. The summed E-state index contributed by atoms with van der Waals surface area (Å²) in [4.78, 5) is 12.9. The van der Waals surface area contributed by atoms with Gasteiger partial charge < -0.3 is 10.1 Å². The minimum absolute atomic E-state index is 0.260. The van der Waals surface area contributed by atoms with Gasteiger partial charge in [-0.15, -0.1) is 11.3 Å². The standard InChI is InChI=1S/C21H26N2O2S2/c1-2-3-4-5-6-15-25-18-11-9-17(10-12-18)22-21(26)23-20(24)14-13-19-8-7-16-27-19/h7-14,16H,2-6,15H2,1H3,(H2,22,23,24,26). The third-order valence-electron chi connectivity index (χ3n) is 3.81. The number of anilines is 1. The first kappa shape index (κ1) is 21.1. The lowest BCUT2D eigenvalue weighted by Crippen LogP contribution is -2.32. The Morgan fingerprint density at radius 2 is 1.93 bits per heavy atom. The van der Waals surface area contributed by atoms with Crippen LogP contribution in [-0.4, -0.2) is 17.6 Å². The predicted molar refractivity (Wildman–Crippen MR) is 118 cm³/mol. The monoisotopic (exact) mass is 402 g/mol. The number of carbonyl (C=O) groups excluding carboxylic acids is 1. The molecule has 0 unspecified atom stereocenters. The normalized spacial score (nSPS) is 10.7. The fourth-order valence-corrected chi connectivity index (χ4v) is 3.23. The number of hydrogen-bond acceptors (Lipinski definition) is 4. The minimum Gasteiger partial charge on any atom is -0.494 e. The van der Waals surface area contributed by atoms with Crippen molar-refractivity contribution in [3.8, 4) is 5.75 Å². The Labute approximate surface area is 170 Å². The van der Waals surface area contributed by atoms with E-state index >= 15 is 0 Å². The molecule has 6 heteroatoms. The van der Waals surface area contributed by atoms with Crippen molar-refractivity contribution in [3.63, 3.8) is 0 Å². The summed E-state index contributed by atoms with van der Waals surface area (Å²) in [6, 6.07) is 11.4. The molecule has 0 aliphatic heterocycles. The van der Waals surface area contributed by atoms with E-state index in [9.17, 15) is 4.79 Å². The van der Waals surface area contributed by atoms with Crippen LogP contribution in [0.15, 0.2) is 47.9 Å². The lowest BCUT2D eigenvalue weighted by molar-refractivity contribution is -0.115. The van der Waals surface area contributed by atoms with E-state index in [1.807, 2.05) is 41.8 Å². The molecule has 0 atom stereocenters. The Morgan fingerprint density at radius 3 is 2.63 bits per heavy atom. The largest absolute Gasteiger partial charge is 0.494 e. The maximum Gasteiger partial charge on any atom is 0.250 e. The van der Waals surface area contributed by atoms with Crippen molar-refractivity contribution in [2.24, 2.45) is 0 Å². The number of thiophene rings is 1. The lowest BCUT2D eigenvalue weighted by Gasteiger charge is -2.10. The van der Waals surface area contributed by atoms with E-state index in [-0.39, 0.29) is 11.0 Å². The van der Waals surface area contributed by atoms with Crippen molar-refractivity contribution >= 4 is 46.3 Å². The molecule has 0 aliphatic carbocycles. The second-order valence-corrected chi connectivity index (χ2v) is 7.47. The molecule has 2 N–H and O–H groups in total. The van der Waals surface area contributed by atoms with Crippen LogP contribution in [0.25, 0.3) is 6.08 Å². The summed E-state index contributed by atoms with van der Waals surface area (Å²) in [6.07, 6.45) is 9.34. The van der Waals surface area contributed by atoms with Crippen molar-refractivity contribution < 1.29 is 9.53 Å². The van der Waals surface area contributed by atoms with E-state index in [2.05, 4.69) is 17.6 Å². The van der Waals surface area contributed by atoms with Crippen LogP contribution in [0.4, 0.5) is 5.69 Å². The minimum atomic E-state index is -0.260. The summed E-state index contributed by atoms with van der Waals surface area (Å²) in [6.45, 7) is 2.95. The van der Waals surface area contributed by atoms with Crippen LogP contribution in [0, 0.1) is 0 Å². The van der Waals surface area contributed by atoms with Gasteiger partial charge in [0.15, 0.2) is 5.11 Å². The molecule has 27 heavy (non-hydrogen) atoms. The maximum absolute atomic E-state index is 11.9. The van der Waals surface area contributed by atoms with Crippen molar-refractivity contribution in [2.45, 2.75) is 39.0 Å². The summed E-state index contributed by atoms with van der Waals surface area (Å²) in [7, 11) is 0. The molecule has 0 saturated heterocycles. The zero-order valence-corrected chi connectivity index (χ0v) is 17.2. The molecule has 2 aromatic rings. The van der Waals surface area contributed by atoms with Gasteiger partial charge in [-0.1, -0.05) is 38.7 Å². The number of hydrogen-bond donors (Lipinski definition) is 2. The Morgan fingerprint density at radius 1 is 1.15 bits per heavy atom. The molecular formula is C21H26N2O2S2. The van der Waals surface area contributed by atoms with Gasteiger partial charge in [-0.3, -0.25) is 10.1 Å². The van der Waals surface area contributed by atoms with Gasteiger partial charge in [-0.25, -0.2) is 0 Å². The Balaban J connectivity index is 1.68. The topological polar surface area (TPSA) is 50.4 Å². The number of benzene rings is 1. The van der Waals surface area contributed by atoms with Crippen LogP contribution in [0.1, 0.15) is 43.9 Å². The summed E-state index contributed by atoms with van der Waals surface area (Å²) in [5.74, 6) is 0.578. The van der Waals surface area contributed by atoms with E-state index in [0.717, 1.165) is 29.3 Å². The van der Waals surface area contributed by atoms with Crippen molar-refractivity contribution in [3.05, 3.63) is 52.7 Å². The van der Waals surface area contributed by atoms with Crippen molar-refractivity contribution in [2.75, 3.05) is 11.9 Å². The van der Waals surface area contributed by atoms with Gasteiger partial charge in [0.25, 0.3) is 0 Å². The second-order valence-electron chi connectivity index (χ2n) is 6.08. The highest BCUT2D eigenvalue weighted by Crippen LogP contribution is 2.16. The molecule has 1 heterocycles. The molecule has 0 radical (unpaired) electrons. The molecular weight excluding hydrogens is 376 g/mol. The molecule has 0 aliphatic rings. The predicted octanol–water partition coefficient (Wildman–Crippen LogP) is 5.62. The van der Waals surface area contributed by atoms with E-state index in [4.69, 9.17) is 17.0 Å². The molecule has 1 aromatic heterocycles. The molecule has 144 valence electrons. The van der Waals surface area contributed by atoms with Gasteiger partial charge in [0.1, 0.15) is 5.75 Å². The first-order valence-electron chi connectivity index (χ1n) is 9.24. The van der Waals surface area contributed by atoms with E-state index in [1.54, 1.807) is 17.4 Å². The molecule has 2 rings (SSSR count). The Hall–Kier alpha value is -2.18. The third kappa shape index (κ3) is 8.84. The summed E-state index contributed by atoms with van der Waals surface area (Å²) >= 11 is 6.74. The average Bonchev–Trinajstić information content (AvgIpc) is 3.18. The summed E-state index contributed by atoms with van der Waals surface area (Å²) in [5, 5.41) is 7.85. The molecule has 4 nitrogen and oxygen atoms in total. The number of thiocarbonyl (C=S) groups is 1. The smallest absolute Gasteiger partial charge is 0.250 e. The van der Waals surface area contributed by atoms with Gasteiger partial charge in [-0.05, 0) is 60.4 Å². The van der Waals surface area contributed by atoms with Gasteiger partial charge in [0.2, 0.25) is 5.91 Å². The van der Waals surface area contributed by atoms with Crippen molar-refractivity contribution in [1.29, 1.82) is 0 Å². The second kappa shape index (κ2) is 12.3. The van der Waals surface area contributed by atoms with Crippen LogP contribution in [0.5, 0.6) is 5.75 Å². The fraction of sp³-hybridized carbons (Fsp3) is 0.333. The highest BCUT2D eigenvalue weighted by atomic mass is 32.1. The molecule has 0 fully saturated rings. The lowest BCUT2D eigenvalue weighted by atomic mass is 10.2. The van der Waals surface area contributed by atoms with Crippen LogP contribution in [0.3, 0.4) is 0 Å². The number of amides is 1. The van der Waals surface area contributed by atoms with Crippen LogP contribution in [-0.2, 0) is 4.79 Å². The molecule has 1 amide bonds. The average molecular weight is 403 g/mol. The molecule has 0 saturated carbocycles. The summed E-state index contributed by atoms with van der Waals surface area (Å²) < 4.78 is 5.74. The molecule has 0 spiro atoms. The van der Waals surface area contributed by atoms with Gasteiger partial charge >= 0.3 is 0 Å². The third-order valence-corrected chi connectivity index (χ3v) is 4.85. The number of nitrogens with one attached hydrogen (secondary N) is 2. The number of rotatable bonds is 10. The summed E-state index contributed by atoms with van der Waals surface area (Å²) in [5.41, 5.74) is 0.804. The van der Waals surface area contributed by atoms with Crippen LogP contribution >= 0.6 is 23.6 Å². The van der Waals surface area contributed by atoms with Gasteiger partial charge in [-0.2, -0.15) is 0 Å². The Kier molecular flexibility index (Phi) is 9.58. The Bertz CT molecular complexity index is 725. The van der Waals surface area contributed by atoms with Gasteiger partial charge in [0.05, 0.1) is 6.61 Å². The first-order valence-corrected chi connectivity index (χ1v) is 10.5. The van der Waals surface area contributed by atoms with E-state index < -0.39 is 0 Å². The molecule has 1 aromatic carbocycles. The number of carbonyl (C=O) groups is 1. The van der Waals surface area contributed by atoms with Gasteiger partial charge in [0, 0.05) is 16.6 Å². The SMILES string of the molecule is CCCCCCCOc1ccc(NC(=S)NC(=O)C=Cc2cccs2)cc1. The van der Waals surface area contributed by atoms with E-state index in [1.165, 1.54) is 31.8 Å².